The Morgan fingerprint density at radius 3 is 2.69 bits per heavy atom. The molecule has 1 aromatic carbocycles. The number of halogens is 2. The molecule has 0 saturated heterocycles. The second kappa shape index (κ2) is 9.59. The van der Waals surface area contributed by atoms with Crippen molar-refractivity contribution in [1.29, 1.82) is 0 Å². The minimum Gasteiger partial charge on any atom is -0.488 e. The van der Waals surface area contributed by atoms with Gasteiger partial charge in [0.1, 0.15) is 18.2 Å². The van der Waals surface area contributed by atoms with E-state index in [4.69, 9.17) is 21.1 Å². The number of esters is 1. The lowest BCUT2D eigenvalue weighted by molar-refractivity contribution is 0.0600. The van der Waals surface area contributed by atoms with Crippen molar-refractivity contribution in [2.75, 3.05) is 25.2 Å². The SMILES string of the molecule is C=C(Cl)COc1ccc(Br)cc1CN(CC)c1ccc(C(=O)OC)cn1. The van der Waals surface area contributed by atoms with Crippen LogP contribution in [0, 0.1) is 0 Å². The van der Waals surface area contributed by atoms with Crippen molar-refractivity contribution in [2.24, 2.45) is 0 Å². The molecule has 0 aliphatic carbocycles. The normalized spacial score (nSPS) is 10.3. The third-order valence-corrected chi connectivity index (χ3v) is 4.25. The Labute approximate surface area is 166 Å². The molecule has 0 N–H and O–H groups in total. The number of hydrogen-bond acceptors (Lipinski definition) is 5. The number of nitrogens with zero attached hydrogens (tertiary/aromatic N) is 2. The maximum Gasteiger partial charge on any atom is 0.339 e. The van der Waals surface area contributed by atoms with E-state index in [1.165, 1.54) is 13.3 Å². The van der Waals surface area contributed by atoms with Crippen LogP contribution in [0.3, 0.4) is 0 Å². The first-order valence-electron chi connectivity index (χ1n) is 7.98. The number of carbonyl (C=O) groups is 1. The molecule has 2 aromatic rings. The van der Waals surface area contributed by atoms with Crippen molar-refractivity contribution >= 4 is 39.3 Å². The summed E-state index contributed by atoms with van der Waals surface area (Å²) in [5, 5.41) is 0.436. The lowest BCUT2D eigenvalue weighted by Crippen LogP contribution is -2.23. The average Bonchev–Trinajstić information content (AvgIpc) is 2.64. The lowest BCUT2D eigenvalue weighted by Gasteiger charge is -2.23. The summed E-state index contributed by atoms with van der Waals surface area (Å²) in [6.45, 7) is 7.25. The van der Waals surface area contributed by atoms with Crippen molar-refractivity contribution in [1.82, 2.24) is 4.98 Å². The first kappa shape index (κ1) is 20.3. The predicted octanol–water partition coefficient (Wildman–Crippen LogP) is 4.79. The van der Waals surface area contributed by atoms with Gasteiger partial charge in [-0.1, -0.05) is 34.1 Å². The van der Waals surface area contributed by atoms with Gasteiger partial charge in [-0.3, -0.25) is 0 Å². The van der Waals surface area contributed by atoms with Crippen molar-refractivity contribution in [3.05, 3.63) is 63.7 Å². The highest BCUT2D eigenvalue weighted by Gasteiger charge is 2.13. The van der Waals surface area contributed by atoms with Gasteiger partial charge in [0.15, 0.2) is 0 Å². The fourth-order valence-electron chi connectivity index (χ4n) is 2.34. The minimum atomic E-state index is -0.406. The molecule has 1 aromatic heterocycles. The van der Waals surface area contributed by atoms with Crippen LogP contribution in [0.4, 0.5) is 5.82 Å². The third-order valence-electron chi connectivity index (χ3n) is 3.64. The molecule has 138 valence electrons. The second-order valence-electron chi connectivity index (χ2n) is 5.47. The van der Waals surface area contributed by atoms with Crippen molar-refractivity contribution in [2.45, 2.75) is 13.5 Å². The Hall–Kier alpha value is -2.05. The van der Waals surface area contributed by atoms with Crippen LogP contribution >= 0.6 is 27.5 Å². The van der Waals surface area contributed by atoms with E-state index in [2.05, 4.69) is 32.4 Å². The zero-order chi connectivity index (χ0) is 19.1. The van der Waals surface area contributed by atoms with Gasteiger partial charge in [-0.15, -0.1) is 0 Å². The quantitative estimate of drug-likeness (QED) is 0.554. The molecule has 0 bridgehead atoms. The molecule has 0 unspecified atom stereocenters. The monoisotopic (exact) mass is 438 g/mol. The fourth-order valence-corrected chi connectivity index (χ4v) is 2.80. The van der Waals surface area contributed by atoms with E-state index in [9.17, 15) is 4.79 Å². The summed E-state index contributed by atoms with van der Waals surface area (Å²) in [6.07, 6.45) is 1.51. The van der Waals surface area contributed by atoms with E-state index in [0.29, 0.717) is 17.1 Å². The maximum atomic E-state index is 11.5. The summed E-state index contributed by atoms with van der Waals surface area (Å²) >= 11 is 9.30. The van der Waals surface area contributed by atoms with Gasteiger partial charge in [0, 0.05) is 34.4 Å². The Kier molecular flexibility index (Phi) is 7.48. The van der Waals surface area contributed by atoms with Gasteiger partial charge in [0.25, 0.3) is 0 Å². The highest BCUT2D eigenvalue weighted by Crippen LogP contribution is 2.27. The third kappa shape index (κ3) is 5.47. The first-order valence-corrected chi connectivity index (χ1v) is 9.15. The van der Waals surface area contributed by atoms with E-state index in [1.807, 2.05) is 25.1 Å². The van der Waals surface area contributed by atoms with Crippen LogP contribution in [0.2, 0.25) is 0 Å². The number of benzene rings is 1. The molecule has 0 atom stereocenters. The first-order chi connectivity index (χ1) is 12.4. The molecule has 0 amide bonds. The van der Waals surface area contributed by atoms with Gasteiger partial charge in [-0.2, -0.15) is 0 Å². The van der Waals surface area contributed by atoms with Crippen LogP contribution in [0.5, 0.6) is 5.75 Å². The van der Waals surface area contributed by atoms with E-state index in [1.54, 1.807) is 12.1 Å². The van der Waals surface area contributed by atoms with Gasteiger partial charge in [0.2, 0.25) is 0 Å². The van der Waals surface area contributed by atoms with Crippen LogP contribution < -0.4 is 9.64 Å². The standard InChI is InChI=1S/C19H20BrClN2O3/c1-4-23(18-8-5-14(10-22-18)19(24)25-3)11-15-9-16(20)6-7-17(15)26-12-13(2)21/h5-10H,2,4,11-12H2,1,3H3. The van der Waals surface area contributed by atoms with Crippen LogP contribution in [0.1, 0.15) is 22.8 Å². The maximum absolute atomic E-state index is 11.5. The Morgan fingerprint density at radius 1 is 1.35 bits per heavy atom. The van der Waals surface area contributed by atoms with E-state index in [-0.39, 0.29) is 6.61 Å². The van der Waals surface area contributed by atoms with Crippen LogP contribution in [0.15, 0.2) is 52.6 Å². The minimum absolute atomic E-state index is 0.244. The van der Waals surface area contributed by atoms with Crippen LogP contribution in [-0.2, 0) is 11.3 Å². The number of aromatic nitrogens is 1. The molecule has 0 saturated carbocycles. The largest absolute Gasteiger partial charge is 0.488 e. The zero-order valence-corrected chi connectivity index (χ0v) is 17.0. The predicted molar refractivity (Wildman–Crippen MR) is 107 cm³/mol. The summed E-state index contributed by atoms with van der Waals surface area (Å²) in [4.78, 5) is 18.0. The lowest BCUT2D eigenvalue weighted by atomic mass is 10.2. The molecule has 0 fully saturated rings. The fraction of sp³-hybridized carbons (Fsp3) is 0.263. The van der Waals surface area contributed by atoms with Gasteiger partial charge in [-0.05, 0) is 37.3 Å². The van der Waals surface area contributed by atoms with Gasteiger partial charge >= 0.3 is 5.97 Å². The Bertz CT molecular complexity index is 781. The molecule has 0 aliphatic rings. The number of hydrogen-bond donors (Lipinski definition) is 0. The van der Waals surface area contributed by atoms with Gasteiger partial charge in [0.05, 0.1) is 12.7 Å². The van der Waals surface area contributed by atoms with Gasteiger partial charge in [-0.25, -0.2) is 9.78 Å². The summed E-state index contributed by atoms with van der Waals surface area (Å²) in [6, 6.07) is 9.30. The van der Waals surface area contributed by atoms with E-state index < -0.39 is 5.97 Å². The number of anilines is 1. The number of rotatable bonds is 8. The molecule has 1 heterocycles. The van der Waals surface area contributed by atoms with Crippen LogP contribution in [-0.4, -0.2) is 31.2 Å². The van der Waals surface area contributed by atoms with Gasteiger partial charge < -0.3 is 14.4 Å². The van der Waals surface area contributed by atoms with E-state index >= 15 is 0 Å². The molecule has 26 heavy (non-hydrogen) atoms. The second-order valence-corrected chi connectivity index (χ2v) is 6.92. The Morgan fingerprint density at radius 2 is 2.12 bits per heavy atom. The molecule has 0 radical (unpaired) electrons. The Balaban J connectivity index is 2.22. The summed E-state index contributed by atoms with van der Waals surface area (Å²) in [5.74, 6) is 1.09. The topological polar surface area (TPSA) is 51.7 Å². The molecule has 5 nitrogen and oxygen atoms in total. The summed E-state index contributed by atoms with van der Waals surface area (Å²) in [5.41, 5.74) is 1.40. The molecular formula is C19H20BrClN2O3. The van der Waals surface area contributed by atoms with Crippen LogP contribution in [0.25, 0.3) is 0 Å². The number of carbonyl (C=O) groups excluding carboxylic acids is 1. The molecular weight excluding hydrogens is 420 g/mol. The summed E-state index contributed by atoms with van der Waals surface area (Å²) < 4.78 is 11.4. The van der Waals surface area contributed by atoms with E-state index in [0.717, 1.165) is 28.1 Å². The number of pyridine rings is 1. The molecule has 7 heteroatoms. The molecule has 0 aliphatic heterocycles. The highest BCUT2D eigenvalue weighted by atomic mass is 79.9. The zero-order valence-electron chi connectivity index (χ0n) is 14.7. The summed E-state index contributed by atoms with van der Waals surface area (Å²) in [7, 11) is 1.35. The van der Waals surface area contributed by atoms with Crippen molar-refractivity contribution in [3.63, 3.8) is 0 Å². The highest BCUT2D eigenvalue weighted by molar-refractivity contribution is 9.10. The van der Waals surface area contributed by atoms with Crippen molar-refractivity contribution < 1.29 is 14.3 Å². The average molecular weight is 440 g/mol. The van der Waals surface area contributed by atoms with Crippen molar-refractivity contribution in [3.8, 4) is 5.75 Å². The molecule has 2 rings (SSSR count). The number of methoxy groups -OCH3 is 1. The molecule has 0 spiro atoms. The smallest absolute Gasteiger partial charge is 0.339 e. The number of ether oxygens (including phenoxy) is 2.